The number of nitrogens with zero attached hydrogens (tertiary/aromatic N) is 2. The lowest BCUT2D eigenvalue weighted by molar-refractivity contribution is -0.114. The van der Waals surface area contributed by atoms with E-state index in [1.807, 2.05) is 29.6 Å². The van der Waals surface area contributed by atoms with E-state index < -0.39 is 6.09 Å². The minimum Gasteiger partial charge on any atom is -0.464 e. The quantitative estimate of drug-likeness (QED) is 0.404. The molecule has 1 aromatic carbocycles. The summed E-state index contributed by atoms with van der Waals surface area (Å²) in [4.78, 5) is 26.0. The van der Waals surface area contributed by atoms with E-state index in [9.17, 15) is 9.59 Å². The highest BCUT2D eigenvalue weighted by molar-refractivity contribution is 7.13. The second-order valence-electron chi connectivity index (χ2n) is 5.37. The van der Waals surface area contributed by atoms with Crippen LogP contribution in [0.15, 0.2) is 29.6 Å². The average molecular weight is 348 g/mol. The molecule has 0 saturated heterocycles. The van der Waals surface area contributed by atoms with Crippen LogP contribution in [0.2, 0.25) is 0 Å². The molecule has 24 heavy (non-hydrogen) atoms. The third-order valence-electron chi connectivity index (χ3n) is 3.41. The molecule has 2 amide bonds. The third-order valence-corrected chi connectivity index (χ3v) is 4.22. The summed E-state index contributed by atoms with van der Waals surface area (Å²) in [5.74, 6) is 5.22. The van der Waals surface area contributed by atoms with Gasteiger partial charge < -0.3 is 10.4 Å². The van der Waals surface area contributed by atoms with Gasteiger partial charge in [-0.15, -0.1) is 11.3 Å². The topological polar surface area (TPSA) is 109 Å². The predicted octanol–water partition coefficient (Wildman–Crippen LogP) is 2.28. The Kier molecular flexibility index (Phi) is 6.28. The lowest BCUT2D eigenvalue weighted by Crippen LogP contribution is -2.37. The van der Waals surface area contributed by atoms with Crippen molar-refractivity contribution < 1.29 is 14.7 Å². The van der Waals surface area contributed by atoms with Crippen molar-refractivity contribution in [2.45, 2.75) is 26.2 Å². The fourth-order valence-electron chi connectivity index (χ4n) is 2.12. The minimum atomic E-state index is -1.13. The van der Waals surface area contributed by atoms with Gasteiger partial charge >= 0.3 is 6.09 Å². The molecule has 0 aliphatic rings. The number of aromatic nitrogens is 1. The molecule has 4 N–H and O–H groups in total. The van der Waals surface area contributed by atoms with Gasteiger partial charge in [0.1, 0.15) is 0 Å². The molecule has 0 unspecified atom stereocenters. The summed E-state index contributed by atoms with van der Waals surface area (Å²) in [6, 6.07) is 8.01. The van der Waals surface area contributed by atoms with Crippen molar-refractivity contribution in [1.82, 2.24) is 9.99 Å². The van der Waals surface area contributed by atoms with Crippen molar-refractivity contribution in [3.63, 3.8) is 0 Å². The molecule has 0 saturated carbocycles. The first kappa shape index (κ1) is 17.9. The van der Waals surface area contributed by atoms with Crippen LogP contribution in [0.25, 0.3) is 0 Å². The van der Waals surface area contributed by atoms with Crippen molar-refractivity contribution in [2.75, 3.05) is 11.9 Å². The maximum atomic E-state index is 11.0. The first-order valence-electron chi connectivity index (χ1n) is 7.49. The second-order valence-corrected chi connectivity index (χ2v) is 6.23. The van der Waals surface area contributed by atoms with Gasteiger partial charge in [-0.25, -0.2) is 20.6 Å². The number of carbonyl (C=O) groups is 2. The molecule has 0 bridgehead atoms. The van der Waals surface area contributed by atoms with Gasteiger partial charge in [-0.1, -0.05) is 24.3 Å². The predicted molar refractivity (Wildman–Crippen MR) is 92.9 cm³/mol. The van der Waals surface area contributed by atoms with E-state index in [1.54, 1.807) is 0 Å². The van der Waals surface area contributed by atoms with Crippen LogP contribution in [-0.2, 0) is 24.1 Å². The van der Waals surface area contributed by atoms with Gasteiger partial charge in [-0.3, -0.25) is 4.79 Å². The number of amides is 2. The smallest absolute Gasteiger partial charge is 0.421 e. The standard InChI is InChI=1S/C16H20N4O3S/c1-11(21)18-15-19-14(10-24-15)7-6-12-2-4-13(5-3-12)8-9-20(17)16(22)23/h2-5,10H,6-9,17H2,1H3,(H,22,23)(H,18,19,21). The summed E-state index contributed by atoms with van der Waals surface area (Å²) >= 11 is 1.42. The molecule has 0 atom stereocenters. The van der Waals surface area contributed by atoms with Gasteiger partial charge in [-0.05, 0) is 30.4 Å². The Labute approximate surface area is 144 Å². The largest absolute Gasteiger partial charge is 0.464 e. The van der Waals surface area contributed by atoms with E-state index >= 15 is 0 Å². The number of nitrogens with two attached hydrogens (primary N) is 1. The highest BCUT2D eigenvalue weighted by Crippen LogP contribution is 2.17. The minimum absolute atomic E-state index is 0.120. The number of hydrazine groups is 1. The summed E-state index contributed by atoms with van der Waals surface area (Å²) in [5, 5.41) is 14.7. The number of carbonyl (C=O) groups excluding carboxylic acids is 1. The zero-order valence-electron chi connectivity index (χ0n) is 13.4. The van der Waals surface area contributed by atoms with Crippen molar-refractivity contribution in [3.05, 3.63) is 46.5 Å². The van der Waals surface area contributed by atoms with Crippen LogP contribution in [0.3, 0.4) is 0 Å². The van der Waals surface area contributed by atoms with Gasteiger partial charge in [0.05, 0.1) is 5.69 Å². The second kappa shape index (κ2) is 8.42. The van der Waals surface area contributed by atoms with Crippen molar-refractivity contribution in [1.29, 1.82) is 0 Å². The van der Waals surface area contributed by atoms with Crippen LogP contribution in [-0.4, -0.2) is 33.6 Å². The van der Waals surface area contributed by atoms with Gasteiger partial charge in [0, 0.05) is 18.8 Å². The van der Waals surface area contributed by atoms with Crippen LogP contribution in [0.1, 0.15) is 23.7 Å². The Hall–Kier alpha value is -2.45. The molecule has 0 radical (unpaired) electrons. The van der Waals surface area contributed by atoms with Crippen LogP contribution in [0, 0.1) is 0 Å². The van der Waals surface area contributed by atoms with E-state index in [0.717, 1.165) is 29.1 Å². The summed E-state index contributed by atoms with van der Waals surface area (Å²) in [6.07, 6.45) is 1.09. The van der Waals surface area contributed by atoms with E-state index in [-0.39, 0.29) is 12.5 Å². The number of thiazole rings is 1. The fraction of sp³-hybridized carbons (Fsp3) is 0.312. The van der Waals surface area contributed by atoms with Gasteiger partial charge in [0.15, 0.2) is 5.13 Å². The summed E-state index contributed by atoms with van der Waals surface area (Å²) in [6.45, 7) is 1.72. The summed E-state index contributed by atoms with van der Waals surface area (Å²) < 4.78 is 0. The number of hydrogen-bond donors (Lipinski definition) is 3. The normalized spacial score (nSPS) is 10.4. The zero-order chi connectivity index (χ0) is 17.5. The Morgan fingerprint density at radius 3 is 2.42 bits per heavy atom. The van der Waals surface area contributed by atoms with E-state index in [0.29, 0.717) is 11.6 Å². The van der Waals surface area contributed by atoms with Gasteiger partial charge in [0.2, 0.25) is 5.91 Å². The molecular weight excluding hydrogens is 328 g/mol. The average Bonchev–Trinajstić information content (AvgIpc) is 2.98. The number of anilines is 1. The molecule has 2 aromatic rings. The third kappa shape index (κ3) is 5.64. The van der Waals surface area contributed by atoms with Crippen LogP contribution >= 0.6 is 11.3 Å². The van der Waals surface area contributed by atoms with E-state index in [2.05, 4.69) is 10.3 Å². The van der Waals surface area contributed by atoms with Gasteiger partial charge in [-0.2, -0.15) is 0 Å². The molecular formula is C16H20N4O3S. The van der Waals surface area contributed by atoms with Crippen LogP contribution < -0.4 is 11.2 Å². The van der Waals surface area contributed by atoms with Crippen molar-refractivity contribution in [3.8, 4) is 0 Å². The maximum absolute atomic E-state index is 11.0. The summed E-state index contributed by atoms with van der Waals surface area (Å²) in [5.41, 5.74) is 3.17. The van der Waals surface area contributed by atoms with Crippen molar-refractivity contribution in [2.24, 2.45) is 5.84 Å². The zero-order valence-corrected chi connectivity index (χ0v) is 14.2. The highest BCUT2D eigenvalue weighted by Gasteiger charge is 2.06. The number of rotatable bonds is 7. The molecule has 2 rings (SSSR count). The molecule has 1 heterocycles. The lowest BCUT2D eigenvalue weighted by atomic mass is 10.0. The Morgan fingerprint density at radius 1 is 1.21 bits per heavy atom. The van der Waals surface area contributed by atoms with E-state index in [4.69, 9.17) is 10.9 Å². The molecule has 0 aliphatic carbocycles. The van der Waals surface area contributed by atoms with Gasteiger partial charge in [0.25, 0.3) is 0 Å². The molecule has 128 valence electrons. The molecule has 0 aliphatic heterocycles. The van der Waals surface area contributed by atoms with E-state index in [1.165, 1.54) is 23.8 Å². The lowest BCUT2D eigenvalue weighted by Gasteiger charge is -2.12. The first-order chi connectivity index (χ1) is 11.4. The number of benzene rings is 1. The molecule has 0 spiro atoms. The summed E-state index contributed by atoms with van der Waals surface area (Å²) in [7, 11) is 0. The monoisotopic (exact) mass is 348 g/mol. The number of carboxylic acid groups (broad SMARTS) is 1. The Bertz CT molecular complexity index is 700. The Balaban J connectivity index is 1.82. The molecule has 7 nitrogen and oxygen atoms in total. The van der Waals surface area contributed by atoms with Crippen LogP contribution in [0.5, 0.6) is 0 Å². The van der Waals surface area contributed by atoms with Crippen LogP contribution in [0.4, 0.5) is 9.93 Å². The first-order valence-corrected chi connectivity index (χ1v) is 8.37. The van der Waals surface area contributed by atoms with Crippen molar-refractivity contribution >= 4 is 28.5 Å². The molecule has 0 fully saturated rings. The number of hydrogen-bond acceptors (Lipinski definition) is 5. The number of aryl methyl sites for hydroxylation is 2. The molecule has 8 heteroatoms. The fourth-order valence-corrected chi connectivity index (χ4v) is 2.91. The SMILES string of the molecule is CC(=O)Nc1nc(CCc2ccc(CCN(N)C(=O)O)cc2)cs1. The molecule has 1 aromatic heterocycles. The highest BCUT2D eigenvalue weighted by atomic mass is 32.1. The number of nitrogens with one attached hydrogen (secondary N) is 1. The Morgan fingerprint density at radius 2 is 1.83 bits per heavy atom. The maximum Gasteiger partial charge on any atom is 0.421 e.